The van der Waals surface area contributed by atoms with Crippen LogP contribution < -0.4 is 11.1 Å². The lowest BCUT2D eigenvalue weighted by molar-refractivity contribution is 0.102. The van der Waals surface area contributed by atoms with Crippen LogP contribution in [0.3, 0.4) is 0 Å². The SMILES string of the molecule is Cc1ccc(NC(=O)c2ccc(CN(C)Cc3cnc(N)nc3)cc2)nn1. The third-order valence-corrected chi connectivity index (χ3v) is 3.89. The van der Waals surface area contributed by atoms with Gasteiger partial charge in [-0.2, -0.15) is 5.10 Å². The molecule has 1 amide bonds. The Morgan fingerprint density at radius 2 is 1.67 bits per heavy atom. The Morgan fingerprint density at radius 1 is 1.00 bits per heavy atom. The maximum Gasteiger partial charge on any atom is 0.256 e. The molecule has 0 aliphatic carbocycles. The number of hydrogen-bond donors (Lipinski definition) is 2. The molecular formula is C19H21N7O. The number of carbonyl (C=O) groups excluding carboxylic acids is 1. The first-order valence-electron chi connectivity index (χ1n) is 8.45. The van der Waals surface area contributed by atoms with Crippen LogP contribution in [0.1, 0.15) is 27.2 Å². The molecule has 0 aliphatic heterocycles. The van der Waals surface area contributed by atoms with Crippen LogP contribution in [0.4, 0.5) is 11.8 Å². The fraction of sp³-hybridized carbons (Fsp3) is 0.211. The maximum absolute atomic E-state index is 12.3. The topological polar surface area (TPSA) is 110 Å². The Hall–Kier alpha value is -3.39. The molecule has 8 nitrogen and oxygen atoms in total. The van der Waals surface area contributed by atoms with Gasteiger partial charge in [-0.1, -0.05) is 12.1 Å². The molecule has 0 atom stereocenters. The van der Waals surface area contributed by atoms with Gasteiger partial charge in [0.15, 0.2) is 5.82 Å². The van der Waals surface area contributed by atoms with E-state index in [9.17, 15) is 4.79 Å². The van der Waals surface area contributed by atoms with E-state index in [4.69, 9.17) is 5.73 Å². The first kappa shape index (κ1) is 18.4. The molecule has 2 aromatic heterocycles. The zero-order chi connectivity index (χ0) is 19.2. The molecule has 27 heavy (non-hydrogen) atoms. The van der Waals surface area contributed by atoms with Gasteiger partial charge >= 0.3 is 0 Å². The van der Waals surface area contributed by atoms with Gasteiger partial charge in [-0.3, -0.25) is 9.69 Å². The predicted octanol–water partition coefficient (Wildman–Crippen LogP) is 2.04. The van der Waals surface area contributed by atoms with E-state index < -0.39 is 0 Å². The zero-order valence-electron chi connectivity index (χ0n) is 15.3. The number of hydrogen-bond acceptors (Lipinski definition) is 7. The van der Waals surface area contributed by atoms with Crippen molar-refractivity contribution in [1.82, 2.24) is 25.1 Å². The van der Waals surface area contributed by atoms with Gasteiger partial charge in [0.25, 0.3) is 5.91 Å². The number of nitrogens with zero attached hydrogens (tertiary/aromatic N) is 5. The molecule has 0 radical (unpaired) electrons. The lowest BCUT2D eigenvalue weighted by Gasteiger charge is -2.16. The van der Waals surface area contributed by atoms with Gasteiger partial charge < -0.3 is 11.1 Å². The molecule has 3 aromatic rings. The average Bonchev–Trinajstić information content (AvgIpc) is 2.66. The van der Waals surface area contributed by atoms with E-state index in [2.05, 4.69) is 30.4 Å². The fourth-order valence-electron chi connectivity index (χ4n) is 2.54. The van der Waals surface area contributed by atoms with E-state index in [0.29, 0.717) is 17.9 Å². The van der Waals surface area contributed by atoms with Crippen LogP contribution in [0.15, 0.2) is 48.8 Å². The van der Waals surface area contributed by atoms with Gasteiger partial charge in [0.2, 0.25) is 5.95 Å². The van der Waals surface area contributed by atoms with Gasteiger partial charge in [-0.25, -0.2) is 9.97 Å². The number of nitrogen functional groups attached to an aromatic ring is 1. The van der Waals surface area contributed by atoms with Crippen LogP contribution in [0.5, 0.6) is 0 Å². The van der Waals surface area contributed by atoms with E-state index in [1.807, 2.05) is 26.1 Å². The lowest BCUT2D eigenvalue weighted by Crippen LogP contribution is -2.18. The molecule has 0 aliphatic rings. The minimum absolute atomic E-state index is 0.216. The van der Waals surface area contributed by atoms with Crippen molar-refractivity contribution in [1.29, 1.82) is 0 Å². The Kier molecular flexibility index (Phi) is 5.68. The molecule has 0 saturated carbocycles. The van der Waals surface area contributed by atoms with E-state index in [1.165, 1.54) is 0 Å². The van der Waals surface area contributed by atoms with Crippen molar-refractivity contribution in [3.05, 3.63) is 71.2 Å². The predicted molar refractivity (Wildman–Crippen MR) is 103 cm³/mol. The molecular weight excluding hydrogens is 342 g/mol. The van der Waals surface area contributed by atoms with Crippen molar-refractivity contribution in [2.75, 3.05) is 18.1 Å². The number of aromatic nitrogens is 4. The van der Waals surface area contributed by atoms with Crippen molar-refractivity contribution in [3.8, 4) is 0 Å². The number of rotatable bonds is 6. The number of anilines is 2. The largest absolute Gasteiger partial charge is 0.368 e. The smallest absolute Gasteiger partial charge is 0.256 e. The summed E-state index contributed by atoms with van der Waals surface area (Å²) in [6, 6.07) is 11.0. The summed E-state index contributed by atoms with van der Waals surface area (Å²) in [5.41, 5.74) is 8.95. The monoisotopic (exact) mass is 363 g/mol. The van der Waals surface area contributed by atoms with Crippen LogP contribution in [-0.4, -0.2) is 38.0 Å². The Bertz CT molecular complexity index is 893. The van der Waals surface area contributed by atoms with Crippen LogP contribution in [-0.2, 0) is 13.1 Å². The molecule has 0 spiro atoms. The van der Waals surface area contributed by atoms with Crippen LogP contribution in [0, 0.1) is 6.92 Å². The van der Waals surface area contributed by atoms with Crippen molar-refractivity contribution in [2.45, 2.75) is 20.0 Å². The Balaban J connectivity index is 1.56. The highest BCUT2D eigenvalue weighted by Gasteiger charge is 2.08. The van der Waals surface area contributed by atoms with Gasteiger partial charge in [-0.05, 0) is 43.8 Å². The maximum atomic E-state index is 12.3. The standard InChI is InChI=1S/C19H21N7O/c1-13-3-8-17(25-24-13)23-18(27)16-6-4-14(5-7-16)11-26(2)12-15-9-21-19(20)22-10-15/h3-10H,11-12H2,1-2H3,(H2,20,21,22)(H,23,25,27). The number of nitrogens with two attached hydrogens (primary N) is 1. The number of carbonyl (C=O) groups is 1. The van der Waals surface area contributed by atoms with Crippen molar-refractivity contribution in [2.24, 2.45) is 0 Å². The van der Waals surface area contributed by atoms with Crippen LogP contribution >= 0.6 is 0 Å². The van der Waals surface area contributed by atoms with Gasteiger partial charge in [0.1, 0.15) is 0 Å². The molecule has 1 aromatic carbocycles. The van der Waals surface area contributed by atoms with Crippen molar-refractivity contribution >= 4 is 17.7 Å². The van der Waals surface area contributed by atoms with Crippen molar-refractivity contribution < 1.29 is 4.79 Å². The number of benzene rings is 1. The Morgan fingerprint density at radius 3 is 2.30 bits per heavy atom. The third-order valence-electron chi connectivity index (χ3n) is 3.89. The fourth-order valence-corrected chi connectivity index (χ4v) is 2.54. The van der Waals surface area contributed by atoms with Crippen LogP contribution in [0.2, 0.25) is 0 Å². The second-order valence-corrected chi connectivity index (χ2v) is 6.33. The van der Waals surface area contributed by atoms with E-state index >= 15 is 0 Å². The quantitative estimate of drug-likeness (QED) is 0.689. The Labute approximate surface area is 157 Å². The molecule has 0 bridgehead atoms. The molecule has 0 saturated heterocycles. The van der Waals surface area contributed by atoms with Crippen molar-refractivity contribution in [3.63, 3.8) is 0 Å². The summed E-state index contributed by atoms with van der Waals surface area (Å²) in [6.45, 7) is 3.28. The second-order valence-electron chi connectivity index (χ2n) is 6.33. The first-order valence-corrected chi connectivity index (χ1v) is 8.45. The average molecular weight is 363 g/mol. The molecule has 2 heterocycles. The molecule has 0 unspecified atom stereocenters. The summed E-state index contributed by atoms with van der Waals surface area (Å²) in [5.74, 6) is 0.485. The highest BCUT2D eigenvalue weighted by Crippen LogP contribution is 2.11. The van der Waals surface area contributed by atoms with Gasteiger partial charge in [0, 0.05) is 36.6 Å². The first-order chi connectivity index (χ1) is 13.0. The molecule has 0 fully saturated rings. The van der Waals surface area contributed by atoms with E-state index in [-0.39, 0.29) is 11.9 Å². The summed E-state index contributed by atoms with van der Waals surface area (Å²) in [7, 11) is 2.01. The number of nitrogens with one attached hydrogen (secondary N) is 1. The molecule has 138 valence electrons. The highest BCUT2D eigenvalue weighted by molar-refractivity contribution is 6.03. The van der Waals surface area contributed by atoms with E-state index in [1.54, 1.807) is 36.7 Å². The normalized spacial score (nSPS) is 10.8. The number of aryl methyl sites for hydroxylation is 1. The summed E-state index contributed by atoms with van der Waals surface area (Å²) in [6.07, 6.45) is 3.44. The molecule has 3 rings (SSSR count). The summed E-state index contributed by atoms with van der Waals surface area (Å²) < 4.78 is 0. The highest BCUT2D eigenvalue weighted by atomic mass is 16.1. The molecule has 8 heteroatoms. The zero-order valence-corrected chi connectivity index (χ0v) is 15.3. The summed E-state index contributed by atoms with van der Waals surface area (Å²) in [5, 5.41) is 10.6. The lowest BCUT2D eigenvalue weighted by atomic mass is 10.1. The molecule has 3 N–H and O–H groups in total. The summed E-state index contributed by atoms with van der Waals surface area (Å²) >= 11 is 0. The van der Waals surface area contributed by atoms with E-state index in [0.717, 1.165) is 23.4 Å². The minimum Gasteiger partial charge on any atom is -0.368 e. The number of amides is 1. The third kappa shape index (κ3) is 5.29. The van der Waals surface area contributed by atoms with Crippen LogP contribution in [0.25, 0.3) is 0 Å². The second kappa shape index (κ2) is 8.33. The van der Waals surface area contributed by atoms with Gasteiger partial charge in [0.05, 0.1) is 5.69 Å². The minimum atomic E-state index is -0.216. The summed E-state index contributed by atoms with van der Waals surface area (Å²) in [4.78, 5) is 22.4. The van der Waals surface area contributed by atoms with Gasteiger partial charge in [-0.15, -0.1) is 5.10 Å².